The summed E-state index contributed by atoms with van der Waals surface area (Å²) in [7, 11) is 0. The molecule has 0 aliphatic rings. The molecule has 0 spiro atoms. The third kappa shape index (κ3) is 6.51. The summed E-state index contributed by atoms with van der Waals surface area (Å²) in [6.45, 7) is 4.08. The maximum absolute atomic E-state index is 12.3. The van der Waals surface area contributed by atoms with E-state index in [1.165, 1.54) is 6.21 Å². The summed E-state index contributed by atoms with van der Waals surface area (Å²) in [5.74, 6) is -1.41. The van der Waals surface area contributed by atoms with Gasteiger partial charge in [-0.05, 0) is 67.4 Å². The van der Waals surface area contributed by atoms with Gasteiger partial charge in [0.15, 0.2) is 0 Å². The molecular formula is C25H23N3O5. The first-order chi connectivity index (χ1) is 16.0. The van der Waals surface area contributed by atoms with E-state index in [0.29, 0.717) is 34.9 Å². The van der Waals surface area contributed by atoms with Gasteiger partial charge in [0, 0.05) is 0 Å². The minimum atomic E-state index is -0.929. The molecule has 3 aromatic rings. The van der Waals surface area contributed by atoms with E-state index < -0.39 is 17.8 Å². The summed E-state index contributed by atoms with van der Waals surface area (Å²) < 4.78 is 10.8. The van der Waals surface area contributed by atoms with Gasteiger partial charge < -0.3 is 14.8 Å². The molecule has 0 aliphatic carbocycles. The van der Waals surface area contributed by atoms with Crippen molar-refractivity contribution in [3.05, 3.63) is 89.5 Å². The van der Waals surface area contributed by atoms with Gasteiger partial charge in [0.05, 0.1) is 24.1 Å². The Hall–Kier alpha value is -4.46. The van der Waals surface area contributed by atoms with Crippen LogP contribution in [0.1, 0.15) is 28.4 Å². The van der Waals surface area contributed by atoms with Crippen LogP contribution in [-0.4, -0.2) is 30.6 Å². The number of benzene rings is 3. The number of nitrogens with one attached hydrogen (secondary N) is 2. The Morgan fingerprint density at radius 2 is 1.61 bits per heavy atom. The standard InChI is InChI=1S/C25H23N3O5/c1-3-32-22-11-7-6-10-21(22)27-23(29)24(30)28-26-16-18-12-14-19(15-13-18)33-25(31)20-9-5-4-8-17(20)2/h4-16H,3H2,1-2H3,(H,27,29)(H,28,30)/b26-16+. The number of amides is 2. The molecule has 0 aromatic heterocycles. The number of anilines is 1. The zero-order valence-corrected chi connectivity index (χ0v) is 18.2. The van der Waals surface area contributed by atoms with Crippen molar-refractivity contribution in [3.8, 4) is 11.5 Å². The van der Waals surface area contributed by atoms with E-state index in [4.69, 9.17) is 9.47 Å². The van der Waals surface area contributed by atoms with Crippen molar-refractivity contribution in [2.45, 2.75) is 13.8 Å². The Labute approximate surface area is 191 Å². The zero-order chi connectivity index (χ0) is 23.6. The third-order valence-electron chi connectivity index (χ3n) is 4.48. The van der Waals surface area contributed by atoms with Crippen LogP contribution in [0.25, 0.3) is 0 Å². The lowest BCUT2D eigenvalue weighted by Gasteiger charge is -2.10. The lowest BCUT2D eigenvalue weighted by molar-refractivity contribution is -0.136. The topological polar surface area (TPSA) is 106 Å². The van der Waals surface area contributed by atoms with Crippen molar-refractivity contribution in [1.29, 1.82) is 0 Å². The number of carbonyl (C=O) groups is 3. The molecule has 0 fully saturated rings. The molecule has 0 saturated heterocycles. The molecule has 33 heavy (non-hydrogen) atoms. The maximum atomic E-state index is 12.3. The van der Waals surface area contributed by atoms with Crippen LogP contribution in [0.4, 0.5) is 5.69 Å². The number of para-hydroxylation sites is 2. The smallest absolute Gasteiger partial charge is 0.343 e. The van der Waals surface area contributed by atoms with Crippen molar-refractivity contribution in [2.75, 3.05) is 11.9 Å². The van der Waals surface area contributed by atoms with E-state index in [1.807, 2.05) is 26.0 Å². The summed E-state index contributed by atoms with van der Waals surface area (Å²) in [5.41, 5.74) is 4.51. The van der Waals surface area contributed by atoms with Crippen molar-refractivity contribution < 1.29 is 23.9 Å². The number of hydrogen-bond acceptors (Lipinski definition) is 6. The lowest BCUT2D eigenvalue weighted by atomic mass is 10.1. The second-order valence-corrected chi connectivity index (χ2v) is 6.86. The number of aryl methyl sites for hydroxylation is 1. The summed E-state index contributed by atoms with van der Waals surface area (Å²) in [4.78, 5) is 36.4. The minimum Gasteiger partial charge on any atom is -0.492 e. The molecular weight excluding hydrogens is 422 g/mol. The van der Waals surface area contributed by atoms with Gasteiger partial charge in [-0.15, -0.1) is 0 Å². The molecule has 168 valence electrons. The number of rotatable bonds is 7. The number of carbonyl (C=O) groups excluding carboxylic acids is 3. The molecule has 8 heteroatoms. The lowest BCUT2D eigenvalue weighted by Crippen LogP contribution is -2.32. The van der Waals surface area contributed by atoms with Crippen LogP contribution < -0.4 is 20.2 Å². The third-order valence-corrected chi connectivity index (χ3v) is 4.48. The normalized spacial score (nSPS) is 10.5. The molecule has 0 aliphatic heterocycles. The molecule has 2 amide bonds. The van der Waals surface area contributed by atoms with E-state index in [1.54, 1.807) is 60.7 Å². The number of esters is 1. The van der Waals surface area contributed by atoms with Crippen LogP contribution in [0.5, 0.6) is 11.5 Å². The molecule has 3 aromatic carbocycles. The quantitative estimate of drug-likeness (QED) is 0.190. The fraction of sp³-hybridized carbons (Fsp3) is 0.120. The van der Waals surface area contributed by atoms with Gasteiger partial charge in [-0.2, -0.15) is 5.10 Å². The van der Waals surface area contributed by atoms with Crippen LogP contribution in [0.15, 0.2) is 77.9 Å². The molecule has 0 bridgehead atoms. The number of ether oxygens (including phenoxy) is 2. The molecule has 0 heterocycles. The van der Waals surface area contributed by atoms with E-state index in [-0.39, 0.29) is 0 Å². The molecule has 0 atom stereocenters. The Kier molecular flexibility index (Phi) is 7.91. The van der Waals surface area contributed by atoms with E-state index in [2.05, 4.69) is 15.8 Å². The summed E-state index contributed by atoms with van der Waals surface area (Å²) in [6.07, 6.45) is 1.37. The van der Waals surface area contributed by atoms with Crippen molar-refractivity contribution >= 4 is 29.7 Å². The van der Waals surface area contributed by atoms with Gasteiger partial charge in [0.25, 0.3) is 0 Å². The van der Waals surface area contributed by atoms with Crippen LogP contribution in [-0.2, 0) is 9.59 Å². The fourth-order valence-corrected chi connectivity index (χ4v) is 2.83. The van der Waals surface area contributed by atoms with E-state index >= 15 is 0 Å². The second kappa shape index (κ2) is 11.2. The zero-order valence-electron chi connectivity index (χ0n) is 18.2. The molecule has 3 rings (SSSR count). The van der Waals surface area contributed by atoms with E-state index in [0.717, 1.165) is 5.56 Å². The van der Waals surface area contributed by atoms with Gasteiger partial charge in [-0.1, -0.05) is 30.3 Å². The molecule has 0 unspecified atom stereocenters. The highest BCUT2D eigenvalue weighted by Crippen LogP contribution is 2.23. The van der Waals surface area contributed by atoms with Gasteiger partial charge >= 0.3 is 17.8 Å². The molecule has 0 radical (unpaired) electrons. The van der Waals surface area contributed by atoms with Crippen LogP contribution in [0.2, 0.25) is 0 Å². The van der Waals surface area contributed by atoms with Gasteiger partial charge in [0.2, 0.25) is 0 Å². The summed E-state index contributed by atoms with van der Waals surface area (Å²) in [6, 6.07) is 20.5. The fourth-order valence-electron chi connectivity index (χ4n) is 2.83. The average molecular weight is 445 g/mol. The number of hydrogen-bond donors (Lipinski definition) is 2. The molecule has 0 saturated carbocycles. The van der Waals surface area contributed by atoms with Gasteiger partial charge in [-0.25, -0.2) is 10.2 Å². The minimum absolute atomic E-state index is 0.372. The highest BCUT2D eigenvalue weighted by Gasteiger charge is 2.15. The first-order valence-electron chi connectivity index (χ1n) is 10.2. The van der Waals surface area contributed by atoms with Gasteiger partial charge in [-0.3, -0.25) is 9.59 Å². The van der Waals surface area contributed by atoms with Crippen LogP contribution in [0.3, 0.4) is 0 Å². The van der Waals surface area contributed by atoms with Crippen molar-refractivity contribution in [3.63, 3.8) is 0 Å². The SMILES string of the molecule is CCOc1ccccc1NC(=O)C(=O)N/N=C/c1ccc(OC(=O)c2ccccc2C)cc1. The number of hydrazone groups is 1. The van der Waals surface area contributed by atoms with E-state index in [9.17, 15) is 14.4 Å². The largest absolute Gasteiger partial charge is 0.492 e. The van der Waals surface area contributed by atoms with Crippen molar-refractivity contribution in [1.82, 2.24) is 5.43 Å². The first-order valence-corrected chi connectivity index (χ1v) is 10.2. The average Bonchev–Trinajstić information content (AvgIpc) is 2.81. The summed E-state index contributed by atoms with van der Waals surface area (Å²) >= 11 is 0. The highest BCUT2D eigenvalue weighted by atomic mass is 16.5. The van der Waals surface area contributed by atoms with Crippen LogP contribution in [0, 0.1) is 6.92 Å². The van der Waals surface area contributed by atoms with Crippen LogP contribution >= 0.6 is 0 Å². The monoisotopic (exact) mass is 445 g/mol. The second-order valence-electron chi connectivity index (χ2n) is 6.86. The molecule has 8 nitrogen and oxygen atoms in total. The Balaban J connectivity index is 1.53. The summed E-state index contributed by atoms with van der Waals surface area (Å²) in [5, 5.41) is 6.28. The number of nitrogens with zero attached hydrogens (tertiary/aromatic N) is 1. The Morgan fingerprint density at radius 3 is 2.33 bits per heavy atom. The maximum Gasteiger partial charge on any atom is 0.343 e. The predicted octanol–water partition coefficient (Wildman–Crippen LogP) is 3.70. The van der Waals surface area contributed by atoms with Crippen molar-refractivity contribution in [2.24, 2.45) is 5.10 Å². The highest BCUT2D eigenvalue weighted by molar-refractivity contribution is 6.39. The Bertz CT molecular complexity index is 1170. The molecule has 2 N–H and O–H groups in total. The first kappa shape index (κ1) is 23.2. The Morgan fingerprint density at radius 1 is 0.909 bits per heavy atom. The predicted molar refractivity (Wildman–Crippen MR) is 125 cm³/mol. The van der Waals surface area contributed by atoms with Gasteiger partial charge in [0.1, 0.15) is 11.5 Å².